The van der Waals surface area contributed by atoms with Crippen LogP contribution in [-0.4, -0.2) is 38.0 Å². The quantitative estimate of drug-likeness (QED) is 0.713. The molecule has 1 aromatic heterocycles. The molecule has 32 heavy (non-hydrogen) atoms. The van der Waals surface area contributed by atoms with Gasteiger partial charge in [0.05, 0.1) is 25.0 Å². The Kier molecular flexibility index (Phi) is 6.83. The van der Waals surface area contributed by atoms with Gasteiger partial charge in [0, 0.05) is 17.3 Å². The molecule has 174 valence electrons. The molecular formula is C24H31FN2O4S. The van der Waals surface area contributed by atoms with Gasteiger partial charge in [-0.3, -0.25) is 4.79 Å². The summed E-state index contributed by atoms with van der Waals surface area (Å²) in [5, 5.41) is 0. The number of sulfonamides is 1. The van der Waals surface area contributed by atoms with Crippen molar-refractivity contribution >= 4 is 10.0 Å². The van der Waals surface area contributed by atoms with Crippen molar-refractivity contribution in [1.82, 2.24) is 9.29 Å². The van der Waals surface area contributed by atoms with Crippen molar-refractivity contribution in [2.45, 2.75) is 69.6 Å². The Morgan fingerprint density at radius 2 is 1.81 bits per heavy atom. The third-order valence-electron chi connectivity index (χ3n) is 6.79. The lowest BCUT2D eigenvalue weighted by Gasteiger charge is -2.37. The molecule has 2 heterocycles. The van der Waals surface area contributed by atoms with Crippen LogP contribution in [0.1, 0.15) is 60.9 Å². The lowest BCUT2D eigenvalue weighted by molar-refractivity contribution is -0.00183. The first-order chi connectivity index (χ1) is 15.2. The van der Waals surface area contributed by atoms with Crippen LogP contribution in [0.4, 0.5) is 4.39 Å². The molecule has 1 aliphatic heterocycles. The van der Waals surface area contributed by atoms with Gasteiger partial charge in [-0.05, 0) is 69.1 Å². The topological polar surface area (TPSA) is 77.4 Å². The molecule has 0 radical (unpaired) electrons. The maximum Gasteiger partial charge on any atom is 0.254 e. The molecular weight excluding hydrogens is 431 g/mol. The Balaban J connectivity index is 1.47. The molecule has 0 unspecified atom stereocenters. The van der Waals surface area contributed by atoms with Gasteiger partial charge in [0.2, 0.25) is 10.0 Å². The van der Waals surface area contributed by atoms with Crippen LogP contribution in [0.15, 0.2) is 41.2 Å². The van der Waals surface area contributed by atoms with E-state index in [1.807, 2.05) is 24.3 Å². The second kappa shape index (κ2) is 9.45. The van der Waals surface area contributed by atoms with Crippen LogP contribution in [0, 0.1) is 12.7 Å². The molecule has 1 aromatic carbocycles. The zero-order valence-corrected chi connectivity index (χ0v) is 19.4. The van der Waals surface area contributed by atoms with Gasteiger partial charge in [-0.1, -0.05) is 24.3 Å². The lowest BCUT2D eigenvalue weighted by Crippen LogP contribution is -2.49. The van der Waals surface area contributed by atoms with E-state index in [2.05, 4.69) is 4.72 Å². The van der Waals surface area contributed by atoms with E-state index in [0.29, 0.717) is 18.4 Å². The highest BCUT2D eigenvalue weighted by Gasteiger charge is 2.34. The molecule has 4 rings (SSSR count). The maximum atomic E-state index is 14.1. The van der Waals surface area contributed by atoms with E-state index >= 15 is 0 Å². The molecule has 8 heteroatoms. The van der Waals surface area contributed by atoms with Crippen molar-refractivity contribution in [2.24, 2.45) is 0 Å². The molecule has 6 nitrogen and oxygen atoms in total. The SMILES string of the molecule is Cc1ccc2n(c1=O)[C@@H](COC1CCC(c3ccccc3F)CC1)[C@@H](NS(C)(=O)=O)CC2. The molecule has 2 aromatic rings. The highest BCUT2D eigenvalue weighted by Crippen LogP contribution is 2.36. The minimum absolute atomic E-state index is 0.0165. The average molecular weight is 463 g/mol. The number of aryl methyl sites for hydroxylation is 2. The van der Waals surface area contributed by atoms with E-state index < -0.39 is 22.1 Å². The summed E-state index contributed by atoms with van der Waals surface area (Å²) < 4.78 is 48.7. The second-order valence-electron chi connectivity index (χ2n) is 9.11. The van der Waals surface area contributed by atoms with Crippen molar-refractivity contribution < 1.29 is 17.5 Å². The Hall–Kier alpha value is -2.03. The van der Waals surface area contributed by atoms with Crippen molar-refractivity contribution in [3.05, 3.63) is 69.4 Å². The van der Waals surface area contributed by atoms with E-state index in [1.165, 1.54) is 6.07 Å². The average Bonchev–Trinajstić information content (AvgIpc) is 2.75. The Bertz CT molecular complexity index is 1120. The van der Waals surface area contributed by atoms with Crippen molar-refractivity contribution in [3.8, 4) is 0 Å². The van der Waals surface area contributed by atoms with Gasteiger partial charge in [-0.2, -0.15) is 0 Å². The third kappa shape index (κ3) is 5.13. The van der Waals surface area contributed by atoms with Crippen molar-refractivity contribution in [3.63, 3.8) is 0 Å². The first-order valence-corrected chi connectivity index (χ1v) is 13.2. The van der Waals surface area contributed by atoms with E-state index in [0.717, 1.165) is 43.2 Å². The summed E-state index contributed by atoms with van der Waals surface area (Å²) in [5.41, 5.74) is 2.21. The summed E-state index contributed by atoms with van der Waals surface area (Å²) in [5.74, 6) is 0.0384. The van der Waals surface area contributed by atoms with Crippen LogP contribution in [0.2, 0.25) is 0 Å². The molecule has 1 fully saturated rings. The monoisotopic (exact) mass is 462 g/mol. The van der Waals surface area contributed by atoms with Crippen LogP contribution in [-0.2, 0) is 21.2 Å². The summed E-state index contributed by atoms with van der Waals surface area (Å²) in [6.07, 6.45) is 5.72. The van der Waals surface area contributed by atoms with E-state index in [4.69, 9.17) is 4.74 Å². The number of halogens is 1. The van der Waals surface area contributed by atoms with Crippen molar-refractivity contribution in [1.29, 1.82) is 0 Å². The molecule has 2 aliphatic rings. The summed E-state index contributed by atoms with van der Waals surface area (Å²) in [4.78, 5) is 12.9. The fraction of sp³-hybridized carbons (Fsp3) is 0.542. The van der Waals surface area contributed by atoms with Gasteiger partial charge in [0.25, 0.3) is 5.56 Å². The minimum atomic E-state index is -3.42. The van der Waals surface area contributed by atoms with E-state index in [9.17, 15) is 17.6 Å². The predicted octanol–water partition coefficient (Wildman–Crippen LogP) is 3.44. The van der Waals surface area contributed by atoms with E-state index in [-0.39, 0.29) is 30.0 Å². The van der Waals surface area contributed by atoms with Crippen LogP contribution >= 0.6 is 0 Å². The number of fused-ring (bicyclic) bond motifs is 1. The zero-order valence-electron chi connectivity index (χ0n) is 18.6. The molecule has 1 saturated carbocycles. The summed E-state index contributed by atoms with van der Waals surface area (Å²) in [6, 6.07) is 9.91. The maximum absolute atomic E-state index is 14.1. The lowest BCUT2D eigenvalue weighted by atomic mass is 9.82. The van der Waals surface area contributed by atoms with Gasteiger partial charge < -0.3 is 9.30 Å². The predicted molar refractivity (Wildman–Crippen MR) is 122 cm³/mol. The molecule has 1 N–H and O–H groups in total. The number of pyridine rings is 1. The molecule has 0 spiro atoms. The molecule has 2 atom stereocenters. The largest absolute Gasteiger partial charge is 0.376 e. The summed E-state index contributed by atoms with van der Waals surface area (Å²) in [7, 11) is -3.42. The first-order valence-electron chi connectivity index (χ1n) is 11.3. The minimum Gasteiger partial charge on any atom is -0.376 e. The third-order valence-corrected chi connectivity index (χ3v) is 7.52. The normalized spacial score (nSPS) is 26.0. The molecule has 0 bridgehead atoms. The number of aromatic nitrogens is 1. The van der Waals surface area contributed by atoms with E-state index in [1.54, 1.807) is 17.6 Å². The summed E-state index contributed by atoms with van der Waals surface area (Å²) in [6.45, 7) is 2.03. The number of nitrogens with zero attached hydrogens (tertiary/aromatic N) is 1. The standard InChI is InChI=1S/C24H31FN2O4S/c1-16-7-10-18-11-14-22(26-32(2,29)30)23(27(18)24(16)28)15-31-19-12-8-17(9-13-19)20-5-3-4-6-21(20)25/h3-7,10,17,19,22-23,26H,8-9,11-15H2,1-2H3/t17?,19?,22-,23-/m0/s1. The fourth-order valence-electron chi connectivity index (χ4n) is 5.12. The Morgan fingerprint density at radius 3 is 2.50 bits per heavy atom. The molecule has 1 aliphatic carbocycles. The first kappa shape index (κ1) is 23.1. The van der Waals surface area contributed by atoms with Gasteiger partial charge in [-0.25, -0.2) is 17.5 Å². The Labute approximate surface area is 188 Å². The number of ether oxygens (including phenoxy) is 1. The van der Waals surface area contributed by atoms with Crippen LogP contribution < -0.4 is 10.3 Å². The van der Waals surface area contributed by atoms with Gasteiger partial charge in [0.1, 0.15) is 5.82 Å². The zero-order chi connectivity index (χ0) is 22.9. The second-order valence-corrected chi connectivity index (χ2v) is 10.9. The number of hydrogen-bond donors (Lipinski definition) is 1. The molecule has 0 amide bonds. The number of rotatable bonds is 6. The van der Waals surface area contributed by atoms with Crippen LogP contribution in [0.25, 0.3) is 0 Å². The Morgan fingerprint density at radius 1 is 1.09 bits per heavy atom. The van der Waals surface area contributed by atoms with Gasteiger partial charge >= 0.3 is 0 Å². The summed E-state index contributed by atoms with van der Waals surface area (Å²) >= 11 is 0. The number of benzene rings is 1. The van der Waals surface area contributed by atoms with Gasteiger partial charge in [-0.15, -0.1) is 0 Å². The fourth-order valence-corrected chi connectivity index (χ4v) is 5.95. The number of hydrogen-bond acceptors (Lipinski definition) is 4. The highest BCUT2D eigenvalue weighted by molar-refractivity contribution is 7.88. The smallest absolute Gasteiger partial charge is 0.254 e. The van der Waals surface area contributed by atoms with Crippen LogP contribution in [0.5, 0.6) is 0 Å². The highest BCUT2D eigenvalue weighted by atomic mass is 32.2. The molecule has 0 saturated heterocycles. The van der Waals surface area contributed by atoms with Crippen LogP contribution in [0.3, 0.4) is 0 Å². The van der Waals surface area contributed by atoms with Crippen molar-refractivity contribution in [2.75, 3.05) is 12.9 Å². The number of nitrogens with one attached hydrogen (secondary N) is 1. The van der Waals surface area contributed by atoms with Gasteiger partial charge in [0.15, 0.2) is 0 Å².